The molecule has 5 N–H and O–H groups in total. The summed E-state index contributed by atoms with van der Waals surface area (Å²) < 4.78 is 5.79. The summed E-state index contributed by atoms with van der Waals surface area (Å²) in [5.74, 6) is 1.79. The lowest BCUT2D eigenvalue weighted by atomic mass is 9.97. The van der Waals surface area contributed by atoms with Gasteiger partial charge in [-0.3, -0.25) is 9.69 Å². The molecule has 2 heterocycles. The number of ether oxygens (including phenoxy) is 1. The van der Waals surface area contributed by atoms with Gasteiger partial charge in [0.2, 0.25) is 0 Å². The molecule has 4 rings (SSSR count). The highest BCUT2D eigenvalue weighted by molar-refractivity contribution is 6.08. The number of likely N-dealkylation sites (N-methyl/N-ethyl adjacent to an activating group) is 1. The van der Waals surface area contributed by atoms with Crippen LogP contribution in [0.2, 0.25) is 0 Å². The Balaban J connectivity index is 1.59. The lowest BCUT2D eigenvalue weighted by Gasteiger charge is -2.28. The number of hydrogen-bond acceptors (Lipinski definition) is 8. The van der Waals surface area contributed by atoms with E-state index in [1.54, 1.807) is 0 Å². The SMILES string of the molecule is CCN1CCc2nc(-c3cccc(OCC(=O)NCC(C)(C)C)c3)nc(Nc3ccc(/C(C=N)=C/N)cc3)c2C1. The molecule has 210 valence electrons. The topological polar surface area (TPSA) is 129 Å². The maximum absolute atomic E-state index is 12.2. The van der Waals surface area contributed by atoms with Gasteiger partial charge in [-0.2, -0.15) is 0 Å². The number of rotatable bonds is 10. The summed E-state index contributed by atoms with van der Waals surface area (Å²) in [6, 6.07) is 15.3. The number of carbonyl (C=O) groups excluding carboxylic acids is 1. The van der Waals surface area contributed by atoms with Crippen molar-refractivity contribution in [3.63, 3.8) is 0 Å². The minimum absolute atomic E-state index is 0.00626. The van der Waals surface area contributed by atoms with Gasteiger partial charge in [-0.25, -0.2) is 9.97 Å². The Bertz CT molecular complexity index is 1380. The Kier molecular flexibility index (Phi) is 9.16. The van der Waals surface area contributed by atoms with Crippen molar-refractivity contribution in [2.45, 2.75) is 40.7 Å². The molecule has 0 saturated heterocycles. The third-order valence-electron chi connectivity index (χ3n) is 6.68. The van der Waals surface area contributed by atoms with Gasteiger partial charge >= 0.3 is 0 Å². The number of nitrogens with one attached hydrogen (secondary N) is 3. The molecular weight excluding hydrogens is 502 g/mol. The summed E-state index contributed by atoms with van der Waals surface area (Å²) in [5.41, 5.74) is 11.0. The van der Waals surface area contributed by atoms with E-state index in [2.05, 4.69) is 43.2 Å². The zero-order valence-electron chi connectivity index (χ0n) is 23.8. The van der Waals surface area contributed by atoms with Crippen LogP contribution in [0.1, 0.15) is 44.5 Å². The molecule has 0 atom stereocenters. The van der Waals surface area contributed by atoms with Gasteiger partial charge in [0, 0.05) is 60.9 Å². The number of aromatic nitrogens is 2. The Morgan fingerprint density at radius 2 is 1.95 bits per heavy atom. The van der Waals surface area contributed by atoms with Crippen LogP contribution in [0.3, 0.4) is 0 Å². The van der Waals surface area contributed by atoms with E-state index in [1.165, 1.54) is 12.4 Å². The van der Waals surface area contributed by atoms with E-state index in [0.29, 0.717) is 23.7 Å². The van der Waals surface area contributed by atoms with Crippen LogP contribution in [0.4, 0.5) is 11.5 Å². The van der Waals surface area contributed by atoms with Gasteiger partial charge in [0.1, 0.15) is 11.6 Å². The Morgan fingerprint density at radius 3 is 2.62 bits per heavy atom. The molecule has 2 aromatic carbocycles. The van der Waals surface area contributed by atoms with E-state index in [9.17, 15) is 4.79 Å². The minimum atomic E-state index is -0.155. The maximum atomic E-state index is 12.2. The van der Waals surface area contributed by atoms with E-state index in [1.807, 2.05) is 48.5 Å². The maximum Gasteiger partial charge on any atom is 0.257 e. The second-order valence-electron chi connectivity index (χ2n) is 11.1. The summed E-state index contributed by atoms with van der Waals surface area (Å²) in [6.07, 6.45) is 3.50. The van der Waals surface area contributed by atoms with Gasteiger partial charge in [-0.15, -0.1) is 0 Å². The van der Waals surface area contributed by atoms with E-state index in [-0.39, 0.29) is 17.9 Å². The average Bonchev–Trinajstić information content (AvgIpc) is 2.96. The highest BCUT2D eigenvalue weighted by Gasteiger charge is 2.23. The molecule has 0 aliphatic carbocycles. The molecule has 0 fully saturated rings. The summed E-state index contributed by atoms with van der Waals surface area (Å²) in [6.45, 7) is 11.6. The molecule has 3 aromatic rings. The van der Waals surface area contributed by atoms with Crippen molar-refractivity contribution < 1.29 is 9.53 Å². The first-order chi connectivity index (χ1) is 19.2. The van der Waals surface area contributed by atoms with Crippen LogP contribution < -0.4 is 21.1 Å². The van der Waals surface area contributed by atoms with Gasteiger partial charge < -0.3 is 26.5 Å². The fraction of sp³-hybridized carbons (Fsp3) is 0.355. The third-order valence-corrected chi connectivity index (χ3v) is 6.68. The number of allylic oxidation sites excluding steroid dienone is 1. The molecule has 1 aliphatic heterocycles. The van der Waals surface area contributed by atoms with Crippen LogP contribution in [0, 0.1) is 10.8 Å². The van der Waals surface area contributed by atoms with Crippen molar-refractivity contribution in [1.82, 2.24) is 20.2 Å². The molecule has 0 unspecified atom stereocenters. The second-order valence-corrected chi connectivity index (χ2v) is 11.1. The predicted molar refractivity (Wildman–Crippen MR) is 161 cm³/mol. The number of nitrogens with zero attached hydrogens (tertiary/aromatic N) is 3. The van der Waals surface area contributed by atoms with Crippen LogP contribution in [0.5, 0.6) is 5.75 Å². The third kappa shape index (κ3) is 7.45. The molecule has 0 saturated carbocycles. The standard InChI is InChI=1S/C31H39N7O2/c1-5-38-14-13-27-26(18-38)30(35-24-11-9-21(10-12-24)23(16-32)17-33)37-29(36-27)22-7-6-8-25(15-22)40-19-28(39)34-20-31(2,3)4/h6-12,15-17,32H,5,13-14,18-20,33H2,1-4H3,(H,34,39)(H,35,36,37)/b23-17+,32-16?. The van der Waals surface area contributed by atoms with Gasteiger partial charge in [0.15, 0.2) is 12.4 Å². The Labute approximate surface area is 236 Å². The normalized spacial score (nSPS) is 13.8. The van der Waals surface area contributed by atoms with Crippen molar-refractivity contribution in [3.8, 4) is 17.1 Å². The molecule has 1 aromatic heterocycles. The molecular formula is C31H39N7O2. The molecule has 1 amide bonds. The smallest absolute Gasteiger partial charge is 0.257 e. The van der Waals surface area contributed by atoms with Crippen molar-refractivity contribution in [2.24, 2.45) is 11.1 Å². The first-order valence-corrected chi connectivity index (χ1v) is 13.6. The molecule has 0 spiro atoms. The Hall–Kier alpha value is -4.24. The molecule has 0 bridgehead atoms. The van der Waals surface area contributed by atoms with E-state index in [0.717, 1.165) is 59.9 Å². The second kappa shape index (κ2) is 12.7. The van der Waals surface area contributed by atoms with Crippen LogP contribution >= 0.6 is 0 Å². The van der Waals surface area contributed by atoms with E-state index in [4.69, 9.17) is 25.8 Å². The zero-order chi connectivity index (χ0) is 28.7. The molecule has 9 nitrogen and oxygen atoms in total. The van der Waals surface area contributed by atoms with Crippen molar-refractivity contribution in [3.05, 3.63) is 71.6 Å². The largest absolute Gasteiger partial charge is 0.484 e. The number of anilines is 2. The van der Waals surface area contributed by atoms with Crippen LogP contribution in [0.25, 0.3) is 17.0 Å². The number of hydrogen-bond donors (Lipinski definition) is 4. The summed E-state index contributed by atoms with van der Waals surface area (Å²) >= 11 is 0. The van der Waals surface area contributed by atoms with E-state index < -0.39 is 0 Å². The van der Waals surface area contributed by atoms with Crippen LogP contribution in [0.15, 0.2) is 54.7 Å². The molecule has 9 heteroatoms. The number of fused-ring (bicyclic) bond motifs is 1. The predicted octanol–water partition coefficient (Wildman–Crippen LogP) is 4.76. The average molecular weight is 542 g/mol. The molecule has 40 heavy (non-hydrogen) atoms. The van der Waals surface area contributed by atoms with Crippen molar-refractivity contribution in [2.75, 3.05) is 31.6 Å². The van der Waals surface area contributed by atoms with E-state index >= 15 is 0 Å². The lowest BCUT2D eigenvalue weighted by Crippen LogP contribution is -2.35. The monoisotopic (exact) mass is 541 g/mol. The summed E-state index contributed by atoms with van der Waals surface area (Å²) in [5, 5.41) is 13.9. The van der Waals surface area contributed by atoms with Crippen molar-refractivity contribution >= 4 is 29.2 Å². The first kappa shape index (κ1) is 28.8. The van der Waals surface area contributed by atoms with Gasteiger partial charge in [-0.05, 0) is 41.8 Å². The number of amides is 1. The molecule has 0 radical (unpaired) electrons. The van der Waals surface area contributed by atoms with Crippen molar-refractivity contribution in [1.29, 1.82) is 5.41 Å². The summed E-state index contributed by atoms with van der Waals surface area (Å²) in [4.78, 5) is 24.5. The number of benzene rings is 2. The fourth-order valence-electron chi connectivity index (χ4n) is 4.37. The Morgan fingerprint density at radius 1 is 1.18 bits per heavy atom. The lowest BCUT2D eigenvalue weighted by molar-refractivity contribution is -0.123. The van der Waals surface area contributed by atoms with Gasteiger partial charge in [0.05, 0.1) is 5.69 Å². The van der Waals surface area contributed by atoms with Gasteiger partial charge in [-0.1, -0.05) is 52.0 Å². The number of nitrogens with two attached hydrogens (primary N) is 1. The highest BCUT2D eigenvalue weighted by Crippen LogP contribution is 2.31. The van der Waals surface area contributed by atoms with Gasteiger partial charge in [0.25, 0.3) is 5.91 Å². The summed E-state index contributed by atoms with van der Waals surface area (Å²) in [7, 11) is 0. The molecule has 1 aliphatic rings. The quantitative estimate of drug-likeness (QED) is 0.273. The first-order valence-electron chi connectivity index (χ1n) is 13.6. The minimum Gasteiger partial charge on any atom is -0.484 e. The number of carbonyl (C=O) groups is 1. The fourth-order valence-corrected chi connectivity index (χ4v) is 4.37. The highest BCUT2D eigenvalue weighted by atomic mass is 16.5. The van der Waals surface area contributed by atoms with Crippen LogP contribution in [-0.4, -0.2) is 53.2 Å². The zero-order valence-corrected chi connectivity index (χ0v) is 23.8. The van der Waals surface area contributed by atoms with Crippen LogP contribution in [-0.2, 0) is 17.8 Å².